The van der Waals surface area contributed by atoms with Gasteiger partial charge in [-0.2, -0.15) is 5.10 Å². The average Bonchev–Trinajstić information content (AvgIpc) is 2.90. The molecule has 0 atom stereocenters. The van der Waals surface area contributed by atoms with Crippen molar-refractivity contribution in [2.75, 3.05) is 13.1 Å². The molecule has 1 aliphatic rings. The average molecular weight is 243 g/mol. The van der Waals surface area contributed by atoms with Crippen LogP contribution >= 0.6 is 0 Å². The van der Waals surface area contributed by atoms with E-state index in [0.29, 0.717) is 6.04 Å². The zero-order valence-corrected chi connectivity index (χ0v) is 9.84. The van der Waals surface area contributed by atoms with Gasteiger partial charge in [-0.3, -0.25) is 4.68 Å². The molecule has 0 unspecified atom stereocenters. The van der Waals surface area contributed by atoms with E-state index in [0.717, 1.165) is 18.8 Å². The van der Waals surface area contributed by atoms with E-state index in [1.807, 2.05) is 6.07 Å². The number of hydrogen-bond donors (Lipinski definition) is 1. The first-order chi connectivity index (χ1) is 8.43. The highest BCUT2D eigenvalue weighted by molar-refractivity contribution is 5.57. The minimum Gasteiger partial charge on any atom is -0.317 e. The number of hydrogen-bond acceptors (Lipinski definition) is 2. The van der Waals surface area contributed by atoms with Crippen LogP contribution in [-0.2, 0) is 0 Å². The van der Waals surface area contributed by atoms with E-state index in [-0.39, 0.29) is 7.43 Å². The van der Waals surface area contributed by atoms with Gasteiger partial charge in [0.05, 0.1) is 11.7 Å². The molecule has 0 radical (unpaired) electrons. The summed E-state index contributed by atoms with van der Waals surface area (Å²) in [5.74, 6) is 0. The maximum atomic E-state index is 4.69. The predicted octanol–water partition coefficient (Wildman–Crippen LogP) is 3.11. The fourth-order valence-electron chi connectivity index (χ4n) is 2.38. The molecule has 0 bridgehead atoms. The summed E-state index contributed by atoms with van der Waals surface area (Å²) in [5, 5.41) is 8.07. The first-order valence-electron chi connectivity index (χ1n) is 6.25. The highest BCUT2D eigenvalue weighted by atomic mass is 15.3. The van der Waals surface area contributed by atoms with Crippen LogP contribution in [0.2, 0.25) is 0 Å². The van der Waals surface area contributed by atoms with Crippen LogP contribution in [-0.4, -0.2) is 22.9 Å². The standard InChI is InChI=1S/C14H17N3.CH4/c1-2-4-12(5-3-1)14-8-11-17(16-14)13-6-9-15-10-7-13;/h1-5,8,11,13,15H,6-7,9-10H2;1H4. The second kappa shape index (κ2) is 5.83. The summed E-state index contributed by atoms with van der Waals surface area (Å²) in [6.07, 6.45) is 4.46. The fourth-order valence-corrected chi connectivity index (χ4v) is 2.38. The number of nitrogens with one attached hydrogen (secondary N) is 1. The Bertz CT molecular complexity index is 469. The molecule has 1 saturated heterocycles. The van der Waals surface area contributed by atoms with Crippen LogP contribution in [0.5, 0.6) is 0 Å². The molecule has 3 rings (SSSR count). The van der Waals surface area contributed by atoms with Crippen LogP contribution in [0.3, 0.4) is 0 Å². The highest BCUT2D eigenvalue weighted by Crippen LogP contribution is 2.21. The molecule has 18 heavy (non-hydrogen) atoms. The van der Waals surface area contributed by atoms with Crippen LogP contribution in [0.1, 0.15) is 26.3 Å². The molecule has 2 aromatic rings. The maximum Gasteiger partial charge on any atom is 0.0923 e. The minimum absolute atomic E-state index is 0. The molecule has 1 aromatic heterocycles. The minimum atomic E-state index is 0. The lowest BCUT2D eigenvalue weighted by molar-refractivity contribution is 0.343. The summed E-state index contributed by atoms with van der Waals surface area (Å²) < 4.78 is 2.13. The van der Waals surface area contributed by atoms with Crippen molar-refractivity contribution in [2.24, 2.45) is 0 Å². The van der Waals surface area contributed by atoms with Gasteiger partial charge in [-0.1, -0.05) is 37.8 Å². The summed E-state index contributed by atoms with van der Waals surface area (Å²) >= 11 is 0. The van der Waals surface area contributed by atoms with Crippen LogP contribution in [0, 0.1) is 0 Å². The largest absolute Gasteiger partial charge is 0.317 e. The van der Waals surface area contributed by atoms with Gasteiger partial charge in [-0.15, -0.1) is 0 Å². The van der Waals surface area contributed by atoms with Crippen molar-refractivity contribution in [1.82, 2.24) is 15.1 Å². The van der Waals surface area contributed by atoms with Crippen molar-refractivity contribution < 1.29 is 0 Å². The molecule has 0 saturated carbocycles. The van der Waals surface area contributed by atoms with Gasteiger partial charge in [0.25, 0.3) is 0 Å². The van der Waals surface area contributed by atoms with E-state index in [1.54, 1.807) is 0 Å². The fraction of sp³-hybridized carbons (Fsp3) is 0.400. The van der Waals surface area contributed by atoms with Crippen LogP contribution < -0.4 is 5.32 Å². The Hall–Kier alpha value is -1.61. The van der Waals surface area contributed by atoms with E-state index in [1.165, 1.54) is 18.4 Å². The van der Waals surface area contributed by atoms with Gasteiger partial charge in [0.2, 0.25) is 0 Å². The van der Waals surface area contributed by atoms with Crippen LogP contribution in [0.4, 0.5) is 0 Å². The third kappa shape index (κ3) is 2.62. The number of benzene rings is 1. The van der Waals surface area contributed by atoms with Crippen LogP contribution in [0.25, 0.3) is 11.3 Å². The number of aromatic nitrogens is 2. The zero-order chi connectivity index (χ0) is 11.5. The lowest BCUT2D eigenvalue weighted by Gasteiger charge is -2.22. The Morgan fingerprint density at radius 1 is 1.06 bits per heavy atom. The molecule has 0 aliphatic carbocycles. The monoisotopic (exact) mass is 243 g/mol. The summed E-state index contributed by atoms with van der Waals surface area (Å²) in [5.41, 5.74) is 2.27. The summed E-state index contributed by atoms with van der Waals surface area (Å²) in [7, 11) is 0. The van der Waals surface area contributed by atoms with Gasteiger partial charge in [-0.05, 0) is 32.0 Å². The van der Waals surface area contributed by atoms with Gasteiger partial charge in [-0.25, -0.2) is 0 Å². The molecule has 1 aromatic carbocycles. The van der Waals surface area contributed by atoms with Gasteiger partial charge in [0.1, 0.15) is 0 Å². The predicted molar refractivity (Wildman–Crippen MR) is 75.5 cm³/mol. The Balaban J connectivity index is 0.00000120. The molecular weight excluding hydrogens is 222 g/mol. The van der Waals surface area contributed by atoms with E-state index in [4.69, 9.17) is 5.10 Å². The maximum absolute atomic E-state index is 4.69. The second-order valence-corrected chi connectivity index (χ2v) is 4.53. The van der Waals surface area contributed by atoms with E-state index in [9.17, 15) is 0 Å². The van der Waals surface area contributed by atoms with Gasteiger partial charge < -0.3 is 5.32 Å². The number of piperidine rings is 1. The number of nitrogens with zero attached hydrogens (tertiary/aromatic N) is 2. The molecule has 0 amide bonds. The summed E-state index contributed by atoms with van der Waals surface area (Å²) in [6.45, 7) is 2.20. The topological polar surface area (TPSA) is 29.9 Å². The Morgan fingerprint density at radius 2 is 1.78 bits per heavy atom. The van der Waals surface area contributed by atoms with Crippen LogP contribution in [0.15, 0.2) is 42.6 Å². The van der Waals surface area contributed by atoms with Gasteiger partial charge >= 0.3 is 0 Å². The third-order valence-electron chi connectivity index (χ3n) is 3.36. The smallest absolute Gasteiger partial charge is 0.0923 e. The van der Waals surface area contributed by atoms with E-state index < -0.39 is 0 Å². The number of rotatable bonds is 2. The van der Waals surface area contributed by atoms with Crippen molar-refractivity contribution in [3.8, 4) is 11.3 Å². The molecule has 1 N–H and O–H groups in total. The Labute approximate surface area is 109 Å². The molecule has 3 nitrogen and oxygen atoms in total. The molecule has 2 heterocycles. The molecular formula is C15H21N3. The molecule has 1 aliphatic heterocycles. The quantitative estimate of drug-likeness (QED) is 0.878. The van der Waals surface area contributed by atoms with Gasteiger partial charge in [0.15, 0.2) is 0 Å². The van der Waals surface area contributed by atoms with Crippen molar-refractivity contribution >= 4 is 0 Å². The SMILES string of the molecule is C.c1ccc(-c2ccn(C3CCNCC3)n2)cc1. The first-order valence-corrected chi connectivity index (χ1v) is 6.25. The highest BCUT2D eigenvalue weighted by Gasteiger charge is 2.15. The summed E-state index contributed by atoms with van der Waals surface area (Å²) in [6, 6.07) is 13.0. The van der Waals surface area contributed by atoms with Gasteiger partial charge in [0, 0.05) is 11.8 Å². The van der Waals surface area contributed by atoms with E-state index in [2.05, 4.69) is 46.5 Å². The normalized spacial score (nSPS) is 16.2. The lowest BCUT2D eigenvalue weighted by Crippen LogP contribution is -2.29. The Kier molecular flexibility index (Phi) is 4.15. The first kappa shape index (κ1) is 12.8. The van der Waals surface area contributed by atoms with E-state index >= 15 is 0 Å². The van der Waals surface area contributed by atoms with Crippen molar-refractivity contribution in [3.63, 3.8) is 0 Å². The lowest BCUT2D eigenvalue weighted by atomic mass is 10.1. The van der Waals surface area contributed by atoms with Crippen molar-refractivity contribution in [3.05, 3.63) is 42.6 Å². The van der Waals surface area contributed by atoms with Crippen molar-refractivity contribution in [1.29, 1.82) is 0 Å². The second-order valence-electron chi connectivity index (χ2n) is 4.53. The summed E-state index contributed by atoms with van der Waals surface area (Å²) in [4.78, 5) is 0. The Morgan fingerprint density at radius 3 is 2.50 bits per heavy atom. The molecule has 96 valence electrons. The molecule has 3 heteroatoms. The molecule has 1 fully saturated rings. The zero-order valence-electron chi connectivity index (χ0n) is 9.84. The van der Waals surface area contributed by atoms with Crippen molar-refractivity contribution in [2.45, 2.75) is 26.3 Å². The third-order valence-corrected chi connectivity index (χ3v) is 3.36. The molecule has 0 spiro atoms.